The molecule has 2 heterocycles. The summed E-state index contributed by atoms with van der Waals surface area (Å²) in [5.41, 5.74) is -0.393. The second-order valence-electron chi connectivity index (χ2n) is 5.88. The molecule has 2 aliphatic heterocycles. The molecule has 1 amide bonds. The first kappa shape index (κ1) is 14.6. The van der Waals surface area contributed by atoms with Gasteiger partial charge in [0.05, 0.1) is 0 Å². The standard InChI is InChI=1S/C12H22N2O2.ClH/c1-12(2,3)16-11(15)14-5-4-9-6-10(14)8-13-7-9;/h9-10,13H,4-8H2,1-3H3;1H. The van der Waals surface area contributed by atoms with Crippen molar-refractivity contribution in [1.82, 2.24) is 10.2 Å². The summed E-state index contributed by atoms with van der Waals surface area (Å²) in [6.45, 7) is 8.62. The van der Waals surface area contributed by atoms with E-state index in [4.69, 9.17) is 4.74 Å². The third-order valence-corrected chi connectivity index (χ3v) is 3.27. The number of carbonyl (C=O) groups is 1. The molecule has 2 fully saturated rings. The van der Waals surface area contributed by atoms with Gasteiger partial charge in [0, 0.05) is 19.1 Å². The lowest BCUT2D eigenvalue weighted by atomic mass is 9.88. The Kier molecular flexibility index (Phi) is 4.67. The van der Waals surface area contributed by atoms with Crippen LogP contribution in [0.1, 0.15) is 33.6 Å². The Hall–Kier alpha value is -0.480. The van der Waals surface area contributed by atoms with Crippen molar-refractivity contribution >= 4 is 18.5 Å². The summed E-state index contributed by atoms with van der Waals surface area (Å²) in [6.07, 6.45) is 2.08. The van der Waals surface area contributed by atoms with Crippen molar-refractivity contribution in [1.29, 1.82) is 0 Å². The third-order valence-electron chi connectivity index (χ3n) is 3.27. The van der Waals surface area contributed by atoms with Crippen LogP contribution in [0.15, 0.2) is 0 Å². The number of rotatable bonds is 0. The van der Waals surface area contributed by atoms with Crippen LogP contribution in [0.3, 0.4) is 0 Å². The summed E-state index contributed by atoms with van der Waals surface area (Å²) in [4.78, 5) is 13.9. The van der Waals surface area contributed by atoms with Crippen molar-refractivity contribution in [2.45, 2.75) is 45.3 Å². The number of hydrogen-bond donors (Lipinski definition) is 1. The Morgan fingerprint density at radius 3 is 2.71 bits per heavy atom. The van der Waals surface area contributed by atoms with E-state index < -0.39 is 5.60 Å². The zero-order valence-electron chi connectivity index (χ0n) is 10.9. The molecule has 0 aromatic heterocycles. The van der Waals surface area contributed by atoms with Crippen molar-refractivity contribution in [3.63, 3.8) is 0 Å². The second-order valence-corrected chi connectivity index (χ2v) is 5.88. The van der Waals surface area contributed by atoms with Gasteiger partial charge in [-0.25, -0.2) is 4.79 Å². The summed E-state index contributed by atoms with van der Waals surface area (Å²) in [5.74, 6) is 0.748. The third kappa shape index (κ3) is 3.75. The van der Waals surface area contributed by atoms with Gasteiger partial charge in [-0.05, 0) is 46.1 Å². The van der Waals surface area contributed by atoms with E-state index in [9.17, 15) is 4.79 Å². The van der Waals surface area contributed by atoms with E-state index in [1.165, 1.54) is 0 Å². The molecular weight excluding hydrogens is 240 g/mol. The van der Waals surface area contributed by atoms with Crippen LogP contribution in [0, 0.1) is 5.92 Å². The maximum atomic E-state index is 12.0. The fourth-order valence-corrected chi connectivity index (χ4v) is 2.53. The Balaban J connectivity index is 0.00000144. The predicted octanol–water partition coefficient (Wildman–Crippen LogP) is 2.03. The minimum absolute atomic E-state index is 0. The number of fused-ring (bicyclic) bond motifs is 2. The largest absolute Gasteiger partial charge is 0.444 e. The van der Waals surface area contributed by atoms with E-state index in [-0.39, 0.29) is 18.5 Å². The molecule has 100 valence electrons. The fraction of sp³-hybridized carbons (Fsp3) is 0.917. The maximum absolute atomic E-state index is 12.0. The van der Waals surface area contributed by atoms with Crippen LogP contribution >= 0.6 is 12.4 Å². The number of halogens is 1. The van der Waals surface area contributed by atoms with Crippen molar-refractivity contribution in [2.24, 2.45) is 5.92 Å². The number of piperidine rings is 2. The number of nitrogens with zero attached hydrogens (tertiary/aromatic N) is 1. The SMILES string of the molecule is CC(C)(C)OC(=O)N1CCC2CNCC1C2.Cl. The summed E-state index contributed by atoms with van der Waals surface area (Å²) in [5, 5.41) is 3.39. The van der Waals surface area contributed by atoms with Crippen LogP contribution in [-0.4, -0.2) is 42.3 Å². The Morgan fingerprint density at radius 2 is 2.06 bits per heavy atom. The first-order valence-electron chi connectivity index (χ1n) is 6.16. The van der Waals surface area contributed by atoms with Crippen LogP contribution in [0.2, 0.25) is 0 Å². The van der Waals surface area contributed by atoms with Gasteiger partial charge < -0.3 is 15.0 Å². The van der Waals surface area contributed by atoms with Crippen LogP contribution in [0.25, 0.3) is 0 Å². The number of nitrogens with one attached hydrogen (secondary N) is 1. The molecule has 2 atom stereocenters. The molecule has 0 radical (unpaired) electrons. The lowest BCUT2D eigenvalue weighted by Crippen LogP contribution is -2.56. The van der Waals surface area contributed by atoms with Crippen molar-refractivity contribution in [2.75, 3.05) is 19.6 Å². The molecule has 2 bridgehead atoms. The lowest BCUT2D eigenvalue weighted by molar-refractivity contribution is -0.000119. The highest BCUT2D eigenvalue weighted by atomic mass is 35.5. The van der Waals surface area contributed by atoms with E-state index in [1.54, 1.807) is 0 Å². The van der Waals surface area contributed by atoms with Gasteiger partial charge in [-0.1, -0.05) is 0 Å². The first-order chi connectivity index (χ1) is 7.46. The fourth-order valence-electron chi connectivity index (χ4n) is 2.53. The van der Waals surface area contributed by atoms with Gasteiger partial charge in [-0.15, -0.1) is 12.4 Å². The molecule has 2 saturated heterocycles. The van der Waals surface area contributed by atoms with Gasteiger partial charge in [0.15, 0.2) is 0 Å². The summed E-state index contributed by atoms with van der Waals surface area (Å²) in [7, 11) is 0. The van der Waals surface area contributed by atoms with Gasteiger partial charge in [0.25, 0.3) is 0 Å². The molecule has 0 saturated carbocycles. The van der Waals surface area contributed by atoms with Crippen LogP contribution < -0.4 is 5.32 Å². The molecule has 17 heavy (non-hydrogen) atoms. The number of hydrogen-bond acceptors (Lipinski definition) is 3. The molecule has 0 spiro atoms. The highest BCUT2D eigenvalue weighted by Crippen LogP contribution is 2.26. The normalized spacial score (nSPS) is 28.3. The topological polar surface area (TPSA) is 41.6 Å². The van der Waals surface area contributed by atoms with E-state index in [2.05, 4.69) is 5.32 Å². The van der Waals surface area contributed by atoms with Gasteiger partial charge in [-0.3, -0.25) is 0 Å². The van der Waals surface area contributed by atoms with Crippen molar-refractivity contribution < 1.29 is 9.53 Å². The number of carbonyl (C=O) groups excluding carboxylic acids is 1. The summed E-state index contributed by atoms with van der Waals surface area (Å²) < 4.78 is 5.43. The quantitative estimate of drug-likeness (QED) is 0.726. The Bertz CT molecular complexity index is 278. The molecule has 2 aliphatic rings. The van der Waals surface area contributed by atoms with Crippen LogP contribution in [0.4, 0.5) is 4.79 Å². The van der Waals surface area contributed by atoms with Gasteiger partial charge in [0.2, 0.25) is 0 Å². The molecule has 0 aromatic carbocycles. The number of ether oxygens (including phenoxy) is 1. The minimum atomic E-state index is -0.393. The Morgan fingerprint density at radius 1 is 1.35 bits per heavy atom. The molecule has 0 aliphatic carbocycles. The molecule has 4 nitrogen and oxygen atoms in total. The second kappa shape index (κ2) is 5.44. The van der Waals surface area contributed by atoms with Gasteiger partial charge >= 0.3 is 6.09 Å². The maximum Gasteiger partial charge on any atom is 0.410 e. The number of likely N-dealkylation sites (tertiary alicyclic amines) is 1. The zero-order chi connectivity index (χ0) is 11.8. The van der Waals surface area contributed by atoms with E-state index in [1.807, 2.05) is 25.7 Å². The molecule has 2 rings (SSSR count). The minimum Gasteiger partial charge on any atom is -0.444 e. The molecule has 5 heteroatoms. The Labute approximate surface area is 109 Å². The zero-order valence-corrected chi connectivity index (χ0v) is 11.7. The molecule has 1 N–H and O–H groups in total. The van der Waals surface area contributed by atoms with Crippen molar-refractivity contribution in [3.8, 4) is 0 Å². The average molecular weight is 263 g/mol. The first-order valence-corrected chi connectivity index (χ1v) is 6.16. The molecular formula is C12H23ClN2O2. The average Bonchev–Trinajstić information content (AvgIpc) is 2.15. The monoisotopic (exact) mass is 262 g/mol. The highest BCUT2D eigenvalue weighted by molar-refractivity contribution is 5.85. The van der Waals surface area contributed by atoms with E-state index >= 15 is 0 Å². The molecule has 0 aromatic rings. The van der Waals surface area contributed by atoms with E-state index in [0.29, 0.717) is 6.04 Å². The van der Waals surface area contributed by atoms with Crippen LogP contribution in [0.5, 0.6) is 0 Å². The van der Waals surface area contributed by atoms with Gasteiger partial charge in [0.1, 0.15) is 5.60 Å². The van der Waals surface area contributed by atoms with Gasteiger partial charge in [-0.2, -0.15) is 0 Å². The molecule has 2 unspecified atom stereocenters. The number of amides is 1. The highest BCUT2D eigenvalue weighted by Gasteiger charge is 2.36. The summed E-state index contributed by atoms with van der Waals surface area (Å²) in [6, 6.07) is 0.336. The van der Waals surface area contributed by atoms with E-state index in [0.717, 1.165) is 38.4 Å². The predicted molar refractivity (Wildman–Crippen MR) is 69.6 cm³/mol. The lowest BCUT2D eigenvalue weighted by Gasteiger charge is -2.43. The smallest absolute Gasteiger partial charge is 0.410 e. The summed E-state index contributed by atoms with van der Waals surface area (Å²) >= 11 is 0. The van der Waals surface area contributed by atoms with Crippen LogP contribution in [-0.2, 0) is 4.74 Å². The van der Waals surface area contributed by atoms with Crippen molar-refractivity contribution in [3.05, 3.63) is 0 Å².